The van der Waals surface area contributed by atoms with E-state index in [9.17, 15) is 18.0 Å². The molecule has 0 saturated heterocycles. The van der Waals surface area contributed by atoms with Crippen LogP contribution in [0.15, 0.2) is 18.2 Å². The largest absolute Gasteiger partial charge is 0.310 e. The topological polar surface area (TPSA) is 17.1 Å². The van der Waals surface area contributed by atoms with Crippen molar-refractivity contribution in [1.29, 1.82) is 0 Å². The molecule has 0 bridgehead atoms. The Hall–Kier alpha value is -1.32. The van der Waals surface area contributed by atoms with E-state index in [-0.39, 0.29) is 12.0 Å². The molecule has 0 amide bonds. The fourth-order valence-corrected chi connectivity index (χ4v) is 1.58. The first kappa shape index (κ1) is 9.24. The molecule has 2 rings (SSSR count). The zero-order valence-corrected chi connectivity index (χ0v) is 7.19. The van der Waals surface area contributed by atoms with E-state index >= 15 is 0 Å². The van der Waals surface area contributed by atoms with Crippen LogP contribution in [0.2, 0.25) is 0 Å². The Bertz CT molecular complexity index is 398. The predicted molar refractivity (Wildman–Crippen MR) is 44.0 cm³/mol. The van der Waals surface area contributed by atoms with E-state index in [1.165, 1.54) is 12.1 Å². The van der Waals surface area contributed by atoms with Crippen molar-refractivity contribution in [2.75, 3.05) is 0 Å². The first-order valence-corrected chi connectivity index (χ1v) is 4.22. The van der Waals surface area contributed by atoms with Crippen LogP contribution in [0.25, 0.3) is 0 Å². The number of carbonyl (C=O) groups excluding carboxylic acids is 1. The molecule has 4 heteroatoms. The van der Waals surface area contributed by atoms with Gasteiger partial charge in [-0.2, -0.15) is 8.78 Å². The maximum Gasteiger partial charge on any atom is 0.310 e. The third-order valence-electron chi connectivity index (χ3n) is 2.36. The number of benzene rings is 1. The van der Waals surface area contributed by atoms with Gasteiger partial charge >= 0.3 is 5.92 Å². The summed E-state index contributed by atoms with van der Waals surface area (Å²) < 4.78 is 38.6. The van der Waals surface area contributed by atoms with Crippen LogP contribution >= 0.6 is 0 Å². The number of ketones is 1. The Labute approximate surface area is 78.5 Å². The van der Waals surface area contributed by atoms with Crippen LogP contribution in [-0.4, -0.2) is 11.7 Å². The molecule has 0 aliphatic heterocycles. The minimum absolute atomic E-state index is 0.119. The molecular formula is C10H7F3O. The summed E-state index contributed by atoms with van der Waals surface area (Å²) >= 11 is 0. The van der Waals surface area contributed by atoms with Gasteiger partial charge in [0.25, 0.3) is 0 Å². The molecule has 1 aromatic carbocycles. The first-order chi connectivity index (χ1) is 6.50. The van der Waals surface area contributed by atoms with Crippen molar-refractivity contribution in [3.8, 4) is 0 Å². The molecule has 1 aromatic rings. The molecule has 0 fully saturated rings. The Morgan fingerprint density at radius 1 is 1.29 bits per heavy atom. The highest BCUT2D eigenvalue weighted by Crippen LogP contribution is 2.32. The normalized spacial score (nSPS) is 19.2. The molecule has 0 saturated carbocycles. The standard InChI is InChI=1S/C10H7F3O/c11-7-2-1-6-3-4-10(12,13)9(14)8(6)5-7/h1-2,5H,3-4H2. The minimum Gasteiger partial charge on any atom is -0.287 e. The second-order valence-electron chi connectivity index (χ2n) is 3.34. The number of alkyl halides is 2. The predicted octanol–water partition coefficient (Wildman–Crippen LogP) is 2.59. The van der Waals surface area contributed by atoms with Gasteiger partial charge in [-0.25, -0.2) is 4.39 Å². The number of halogens is 3. The van der Waals surface area contributed by atoms with Crippen LogP contribution in [0.1, 0.15) is 22.3 Å². The summed E-state index contributed by atoms with van der Waals surface area (Å²) in [5.74, 6) is -5.26. The fraction of sp³-hybridized carbons (Fsp3) is 0.300. The second-order valence-corrected chi connectivity index (χ2v) is 3.34. The molecular weight excluding hydrogens is 193 g/mol. The maximum atomic E-state index is 12.9. The Morgan fingerprint density at radius 2 is 2.00 bits per heavy atom. The molecule has 1 aliphatic carbocycles. The first-order valence-electron chi connectivity index (χ1n) is 4.22. The monoisotopic (exact) mass is 200 g/mol. The van der Waals surface area contributed by atoms with Gasteiger partial charge in [0.05, 0.1) is 0 Å². The van der Waals surface area contributed by atoms with Crippen molar-refractivity contribution < 1.29 is 18.0 Å². The third-order valence-corrected chi connectivity index (χ3v) is 2.36. The van der Waals surface area contributed by atoms with Crippen LogP contribution in [0, 0.1) is 5.82 Å². The summed E-state index contributed by atoms with van der Waals surface area (Å²) in [7, 11) is 0. The van der Waals surface area contributed by atoms with E-state index in [2.05, 4.69) is 0 Å². The van der Waals surface area contributed by atoms with Gasteiger partial charge < -0.3 is 0 Å². The van der Waals surface area contributed by atoms with Crippen molar-refractivity contribution in [2.45, 2.75) is 18.8 Å². The molecule has 14 heavy (non-hydrogen) atoms. The van der Waals surface area contributed by atoms with Crippen molar-refractivity contribution >= 4 is 5.78 Å². The molecule has 0 unspecified atom stereocenters. The molecule has 74 valence electrons. The minimum atomic E-state index is -3.33. The quantitative estimate of drug-likeness (QED) is 0.629. The van der Waals surface area contributed by atoms with E-state index in [1.54, 1.807) is 0 Å². The van der Waals surface area contributed by atoms with E-state index < -0.39 is 23.9 Å². The lowest BCUT2D eigenvalue weighted by Gasteiger charge is -2.22. The summed E-state index contributed by atoms with van der Waals surface area (Å²) in [4.78, 5) is 11.2. The Morgan fingerprint density at radius 3 is 2.71 bits per heavy atom. The SMILES string of the molecule is O=C1c2cc(F)ccc2CCC1(F)F. The van der Waals surface area contributed by atoms with Crippen molar-refractivity contribution in [3.63, 3.8) is 0 Å². The molecule has 0 heterocycles. The molecule has 1 nitrogen and oxygen atoms in total. The summed E-state index contributed by atoms with van der Waals surface area (Å²) in [6, 6.07) is 3.44. The number of fused-ring (bicyclic) bond motifs is 1. The summed E-state index contributed by atoms with van der Waals surface area (Å²) in [6.07, 6.45) is -0.362. The average molecular weight is 200 g/mol. The van der Waals surface area contributed by atoms with Gasteiger partial charge in [-0.3, -0.25) is 4.79 Å². The molecule has 0 spiro atoms. The van der Waals surface area contributed by atoms with E-state index in [0.717, 1.165) is 6.07 Å². The Kier molecular flexibility index (Phi) is 1.87. The molecule has 0 N–H and O–H groups in total. The van der Waals surface area contributed by atoms with Crippen molar-refractivity contribution in [2.24, 2.45) is 0 Å². The van der Waals surface area contributed by atoms with E-state index in [1.807, 2.05) is 0 Å². The van der Waals surface area contributed by atoms with Gasteiger partial charge in [-0.05, 0) is 24.1 Å². The van der Waals surface area contributed by atoms with Gasteiger partial charge in [-0.1, -0.05) is 6.07 Å². The zero-order chi connectivity index (χ0) is 10.3. The number of Topliss-reactive ketones (excluding diaryl/α,β-unsaturated/α-hetero) is 1. The molecule has 0 atom stereocenters. The molecule has 1 aliphatic rings. The highest BCUT2D eigenvalue weighted by atomic mass is 19.3. The highest BCUT2D eigenvalue weighted by molar-refractivity contribution is 6.03. The number of hydrogen-bond donors (Lipinski definition) is 0. The summed E-state index contributed by atoms with van der Waals surface area (Å²) in [5.41, 5.74) is 0.323. The number of carbonyl (C=O) groups is 1. The van der Waals surface area contributed by atoms with Gasteiger partial charge in [0, 0.05) is 12.0 Å². The lowest BCUT2D eigenvalue weighted by Crippen LogP contribution is -2.34. The number of hydrogen-bond acceptors (Lipinski definition) is 1. The van der Waals surface area contributed by atoms with Crippen LogP contribution in [0.5, 0.6) is 0 Å². The van der Waals surface area contributed by atoms with E-state index in [4.69, 9.17) is 0 Å². The van der Waals surface area contributed by atoms with Crippen LogP contribution in [-0.2, 0) is 6.42 Å². The van der Waals surface area contributed by atoms with Crippen LogP contribution < -0.4 is 0 Å². The molecule has 0 radical (unpaired) electrons. The smallest absolute Gasteiger partial charge is 0.287 e. The zero-order valence-electron chi connectivity index (χ0n) is 7.19. The van der Waals surface area contributed by atoms with Crippen LogP contribution in [0.3, 0.4) is 0 Å². The summed E-state index contributed by atoms with van der Waals surface area (Å²) in [6.45, 7) is 0. The van der Waals surface area contributed by atoms with E-state index in [0.29, 0.717) is 5.56 Å². The van der Waals surface area contributed by atoms with Gasteiger partial charge in [0.15, 0.2) is 0 Å². The summed E-state index contributed by atoms with van der Waals surface area (Å²) in [5, 5.41) is 0. The highest BCUT2D eigenvalue weighted by Gasteiger charge is 2.43. The number of rotatable bonds is 0. The van der Waals surface area contributed by atoms with Gasteiger partial charge in [0.2, 0.25) is 5.78 Å². The lowest BCUT2D eigenvalue weighted by molar-refractivity contribution is 0.00198. The maximum absolute atomic E-state index is 12.9. The number of aryl methyl sites for hydroxylation is 1. The van der Waals surface area contributed by atoms with Crippen molar-refractivity contribution in [1.82, 2.24) is 0 Å². The van der Waals surface area contributed by atoms with Crippen LogP contribution in [0.4, 0.5) is 13.2 Å². The van der Waals surface area contributed by atoms with Gasteiger partial charge in [0.1, 0.15) is 5.82 Å². The third kappa shape index (κ3) is 1.31. The average Bonchev–Trinajstić information content (AvgIpc) is 2.13. The molecule has 0 aromatic heterocycles. The lowest BCUT2D eigenvalue weighted by atomic mass is 9.88. The fourth-order valence-electron chi connectivity index (χ4n) is 1.58. The van der Waals surface area contributed by atoms with Crippen molar-refractivity contribution in [3.05, 3.63) is 35.1 Å². The van der Waals surface area contributed by atoms with Gasteiger partial charge in [-0.15, -0.1) is 0 Å². The second kappa shape index (κ2) is 2.83. The Balaban J connectivity index is 2.54.